The van der Waals surface area contributed by atoms with Crippen molar-refractivity contribution in [2.45, 2.75) is 6.54 Å². The summed E-state index contributed by atoms with van der Waals surface area (Å²) in [6.45, 7) is 1.68. The summed E-state index contributed by atoms with van der Waals surface area (Å²) >= 11 is 0. The minimum Gasteiger partial charge on any atom is -0.363 e. The highest BCUT2D eigenvalue weighted by Gasteiger charge is 2.14. The number of aromatic nitrogens is 3. The Morgan fingerprint density at radius 3 is 2.38 bits per heavy atom. The summed E-state index contributed by atoms with van der Waals surface area (Å²) in [6, 6.07) is 10.5. The van der Waals surface area contributed by atoms with Gasteiger partial charge in [0.05, 0.1) is 6.54 Å². The van der Waals surface area contributed by atoms with Gasteiger partial charge in [-0.25, -0.2) is 9.37 Å². The first-order valence-electron chi connectivity index (χ1n) is 8.56. The molecule has 0 radical (unpaired) electrons. The van der Waals surface area contributed by atoms with Gasteiger partial charge in [0.1, 0.15) is 17.3 Å². The molecule has 0 fully saturated rings. The second kappa shape index (κ2) is 7.66. The number of likely N-dealkylation sites (N-methyl/N-ethyl adjacent to an activating group) is 1. The van der Waals surface area contributed by atoms with Crippen molar-refractivity contribution < 1.29 is 4.39 Å². The van der Waals surface area contributed by atoms with E-state index in [0.29, 0.717) is 0 Å². The fourth-order valence-corrected chi connectivity index (χ4v) is 2.70. The van der Waals surface area contributed by atoms with Gasteiger partial charge < -0.3 is 9.80 Å². The molecule has 6 heteroatoms. The van der Waals surface area contributed by atoms with Crippen LogP contribution >= 0.6 is 0 Å². The molecule has 0 spiro atoms. The lowest BCUT2D eigenvalue weighted by Crippen LogP contribution is -2.18. The van der Waals surface area contributed by atoms with E-state index in [1.807, 2.05) is 49.9 Å². The lowest BCUT2D eigenvalue weighted by Gasteiger charge is -2.12. The molecule has 26 heavy (non-hydrogen) atoms. The third-order valence-corrected chi connectivity index (χ3v) is 4.17. The van der Waals surface area contributed by atoms with Crippen LogP contribution in [-0.4, -0.2) is 54.4 Å². The molecule has 0 amide bonds. The van der Waals surface area contributed by atoms with Crippen LogP contribution in [0.3, 0.4) is 0 Å². The van der Waals surface area contributed by atoms with Crippen LogP contribution in [-0.2, 0) is 6.54 Å². The van der Waals surface area contributed by atoms with Crippen molar-refractivity contribution in [3.8, 4) is 22.4 Å². The van der Waals surface area contributed by atoms with E-state index in [0.717, 1.165) is 41.3 Å². The van der Waals surface area contributed by atoms with Crippen LogP contribution in [0.15, 0.2) is 48.8 Å². The van der Waals surface area contributed by atoms with Crippen molar-refractivity contribution in [1.82, 2.24) is 19.7 Å². The first-order chi connectivity index (χ1) is 12.4. The first kappa shape index (κ1) is 18.1. The van der Waals surface area contributed by atoms with E-state index >= 15 is 0 Å². The Labute approximate surface area is 153 Å². The molecule has 2 heterocycles. The van der Waals surface area contributed by atoms with Crippen molar-refractivity contribution in [2.24, 2.45) is 0 Å². The SMILES string of the molecule is CN(C)CCn1cc(-c2ccnc(N(C)C)c2)c(-c2ccc(F)cc2)n1. The molecule has 0 saturated carbocycles. The van der Waals surface area contributed by atoms with Crippen molar-refractivity contribution in [3.05, 3.63) is 54.6 Å². The van der Waals surface area contributed by atoms with E-state index in [1.165, 1.54) is 12.1 Å². The van der Waals surface area contributed by atoms with Gasteiger partial charge in [-0.1, -0.05) is 0 Å². The van der Waals surface area contributed by atoms with E-state index in [4.69, 9.17) is 5.10 Å². The van der Waals surface area contributed by atoms with Crippen LogP contribution < -0.4 is 4.90 Å². The van der Waals surface area contributed by atoms with Crippen LogP contribution in [0.5, 0.6) is 0 Å². The predicted molar refractivity (Wildman–Crippen MR) is 104 cm³/mol. The van der Waals surface area contributed by atoms with E-state index in [2.05, 4.69) is 16.1 Å². The van der Waals surface area contributed by atoms with Crippen LogP contribution in [0, 0.1) is 5.82 Å². The van der Waals surface area contributed by atoms with Crippen molar-refractivity contribution >= 4 is 5.82 Å². The smallest absolute Gasteiger partial charge is 0.128 e. The monoisotopic (exact) mass is 353 g/mol. The number of hydrogen-bond donors (Lipinski definition) is 0. The van der Waals surface area contributed by atoms with Gasteiger partial charge in [0.25, 0.3) is 0 Å². The number of nitrogens with zero attached hydrogens (tertiary/aromatic N) is 5. The fourth-order valence-electron chi connectivity index (χ4n) is 2.70. The fraction of sp³-hybridized carbons (Fsp3) is 0.300. The molecule has 3 aromatic rings. The topological polar surface area (TPSA) is 37.2 Å². The molecule has 5 nitrogen and oxygen atoms in total. The Balaban J connectivity index is 2.06. The van der Waals surface area contributed by atoms with Gasteiger partial charge in [0.15, 0.2) is 0 Å². The largest absolute Gasteiger partial charge is 0.363 e. The standard InChI is InChI=1S/C20H24FN5/c1-24(2)11-12-26-14-18(16-9-10-22-19(13-16)25(3)4)20(23-26)15-5-7-17(21)8-6-15/h5-10,13-14H,11-12H2,1-4H3. The maximum Gasteiger partial charge on any atom is 0.128 e. The zero-order valence-corrected chi connectivity index (χ0v) is 15.6. The van der Waals surface area contributed by atoms with E-state index < -0.39 is 0 Å². The third-order valence-electron chi connectivity index (χ3n) is 4.17. The molecular formula is C20H24FN5. The molecular weight excluding hydrogens is 329 g/mol. The van der Waals surface area contributed by atoms with Crippen LogP contribution in [0.2, 0.25) is 0 Å². The second-order valence-electron chi connectivity index (χ2n) is 6.76. The molecule has 0 aliphatic carbocycles. The minimum atomic E-state index is -0.249. The highest BCUT2D eigenvalue weighted by atomic mass is 19.1. The number of pyridine rings is 1. The Morgan fingerprint density at radius 2 is 1.73 bits per heavy atom. The summed E-state index contributed by atoms with van der Waals surface area (Å²) in [5, 5.41) is 4.77. The Kier molecular flexibility index (Phi) is 5.32. The summed E-state index contributed by atoms with van der Waals surface area (Å²) in [5.41, 5.74) is 3.80. The van der Waals surface area contributed by atoms with Gasteiger partial charge in [0.2, 0.25) is 0 Å². The van der Waals surface area contributed by atoms with Crippen molar-refractivity contribution in [1.29, 1.82) is 0 Å². The molecule has 0 atom stereocenters. The van der Waals surface area contributed by atoms with Crippen molar-refractivity contribution in [3.63, 3.8) is 0 Å². The number of anilines is 1. The van der Waals surface area contributed by atoms with Crippen LogP contribution in [0.4, 0.5) is 10.2 Å². The molecule has 0 saturated heterocycles. The summed E-state index contributed by atoms with van der Waals surface area (Å²) in [5.74, 6) is 0.634. The average molecular weight is 353 g/mol. The van der Waals surface area contributed by atoms with Crippen molar-refractivity contribution in [2.75, 3.05) is 39.6 Å². The lowest BCUT2D eigenvalue weighted by molar-refractivity contribution is 0.373. The van der Waals surface area contributed by atoms with E-state index in [-0.39, 0.29) is 5.82 Å². The number of rotatable bonds is 6. The van der Waals surface area contributed by atoms with E-state index in [9.17, 15) is 4.39 Å². The van der Waals surface area contributed by atoms with Gasteiger partial charge in [-0.05, 0) is 56.1 Å². The summed E-state index contributed by atoms with van der Waals surface area (Å²) < 4.78 is 15.3. The quantitative estimate of drug-likeness (QED) is 0.681. The van der Waals surface area contributed by atoms with Gasteiger partial charge >= 0.3 is 0 Å². The van der Waals surface area contributed by atoms with Gasteiger partial charge in [-0.15, -0.1) is 0 Å². The molecule has 0 aliphatic heterocycles. The Morgan fingerprint density at radius 1 is 1.00 bits per heavy atom. The molecule has 3 rings (SSSR count). The first-order valence-corrected chi connectivity index (χ1v) is 8.56. The summed E-state index contributed by atoms with van der Waals surface area (Å²) in [7, 11) is 8.01. The minimum absolute atomic E-state index is 0.249. The molecule has 136 valence electrons. The third kappa shape index (κ3) is 4.08. The molecule has 0 bridgehead atoms. The van der Waals surface area contributed by atoms with Gasteiger partial charge in [0, 0.05) is 44.2 Å². The lowest BCUT2D eigenvalue weighted by atomic mass is 10.0. The molecule has 0 unspecified atom stereocenters. The average Bonchev–Trinajstić information content (AvgIpc) is 3.05. The zero-order chi connectivity index (χ0) is 18.7. The normalized spacial score (nSPS) is 11.2. The second-order valence-corrected chi connectivity index (χ2v) is 6.76. The summed E-state index contributed by atoms with van der Waals surface area (Å²) in [4.78, 5) is 8.48. The Bertz CT molecular complexity index is 868. The number of hydrogen-bond acceptors (Lipinski definition) is 4. The van der Waals surface area contributed by atoms with Crippen LogP contribution in [0.1, 0.15) is 0 Å². The number of benzene rings is 1. The Hall–Kier alpha value is -2.73. The van der Waals surface area contributed by atoms with Gasteiger partial charge in [-0.3, -0.25) is 4.68 Å². The number of halogens is 1. The molecule has 2 aromatic heterocycles. The maximum atomic E-state index is 13.3. The van der Waals surface area contributed by atoms with Gasteiger partial charge in [-0.2, -0.15) is 5.10 Å². The molecule has 0 aliphatic rings. The molecule has 0 N–H and O–H groups in total. The highest BCUT2D eigenvalue weighted by molar-refractivity contribution is 5.81. The maximum absolute atomic E-state index is 13.3. The van der Waals surface area contributed by atoms with Crippen LogP contribution in [0.25, 0.3) is 22.4 Å². The van der Waals surface area contributed by atoms with E-state index in [1.54, 1.807) is 18.3 Å². The highest BCUT2D eigenvalue weighted by Crippen LogP contribution is 2.32. The summed E-state index contributed by atoms with van der Waals surface area (Å²) in [6.07, 6.45) is 3.85. The zero-order valence-electron chi connectivity index (χ0n) is 15.6. The molecule has 1 aromatic carbocycles. The predicted octanol–water partition coefficient (Wildman–Crippen LogP) is 3.38.